The number of nitrogens with zero attached hydrogens (tertiary/aromatic N) is 1. The van der Waals surface area contributed by atoms with Crippen LogP contribution in [0.1, 0.15) is 27.8 Å². The maximum Gasteiger partial charge on any atom is 0.375 e. The molecule has 4 rings (SSSR count). The van der Waals surface area contributed by atoms with E-state index in [-0.39, 0.29) is 22.7 Å². The first-order valence-electron chi connectivity index (χ1n) is 9.70. The summed E-state index contributed by atoms with van der Waals surface area (Å²) in [5.41, 5.74) is 1.39. The second-order valence-electron chi connectivity index (χ2n) is 7.11. The van der Waals surface area contributed by atoms with Crippen molar-refractivity contribution in [3.63, 3.8) is 0 Å². The van der Waals surface area contributed by atoms with Crippen LogP contribution in [0.15, 0.2) is 63.8 Å². The van der Waals surface area contributed by atoms with Crippen LogP contribution in [-0.4, -0.2) is 43.1 Å². The molecule has 0 bridgehead atoms. The number of carbonyl (C=O) groups is 2. The maximum atomic E-state index is 13.1. The number of hydrogen-bond donors (Lipinski definition) is 0. The Labute approximate surface area is 172 Å². The van der Waals surface area contributed by atoms with E-state index in [9.17, 15) is 14.4 Å². The number of carbonyl (C=O) groups excluding carboxylic acids is 2. The summed E-state index contributed by atoms with van der Waals surface area (Å²) in [6, 6.07) is 15.0. The van der Waals surface area contributed by atoms with Crippen LogP contribution in [0.3, 0.4) is 0 Å². The Bertz CT molecular complexity index is 1130. The highest BCUT2D eigenvalue weighted by atomic mass is 16.6. The van der Waals surface area contributed by atoms with Crippen molar-refractivity contribution < 1.29 is 23.5 Å². The normalized spacial score (nSPS) is 15.0. The first-order chi connectivity index (χ1) is 14.5. The van der Waals surface area contributed by atoms with Crippen LogP contribution in [0.4, 0.5) is 0 Å². The van der Waals surface area contributed by atoms with Gasteiger partial charge in [0, 0.05) is 24.7 Å². The lowest BCUT2D eigenvalue weighted by Gasteiger charge is -2.30. The third-order valence-electron chi connectivity index (χ3n) is 4.96. The van der Waals surface area contributed by atoms with Crippen LogP contribution in [0.25, 0.3) is 11.0 Å². The molecule has 1 aromatic heterocycles. The molecule has 3 aromatic rings. The minimum atomic E-state index is -1.14. The number of aryl methyl sites for hydroxylation is 1. The Morgan fingerprint density at radius 1 is 1.03 bits per heavy atom. The molecule has 0 aliphatic carbocycles. The summed E-state index contributed by atoms with van der Waals surface area (Å²) in [4.78, 5) is 40.0. The van der Waals surface area contributed by atoms with Gasteiger partial charge >= 0.3 is 5.97 Å². The molecule has 154 valence electrons. The van der Waals surface area contributed by atoms with Crippen LogP contribution >= 0.6 is 0 Å². The van der Waals surface area contributed by atoms with Crippen molar-refractivity contribution in [1.29, 1.82) is 0 Å². The number of ether oxygens (including phenoxy) is 2. The Morgan fingerprint density at radius 2 is 1.77 bits per heavy atom. The molecule has 7 heteroatoms. The first kappa shape index (κ1) is 19.8. The molecular formula is C23H21NO6. The van der Waals surface area contributed by atoms with Crippen molar-refractivity contribution >= 4 is 22.8 Å². The van der Waals surface area contributed by atoms with Gasteiger partial charge in [0.25, 0.3) is 5.91 Å². The summed E-state index contributed by atoms with van der Waals surface area (Å²) in [6.07, 6.45) is -1.14. The van der Waals surface area contributed by atoms with E-state index in [4.69, 9.17) is 13.9 Å². The van der Waals surface area contributed by atoms with Gasteiger partial charge in [-0.15, -0.1) is 0 Å². The van der Waals surface area contributed by atoms with E-state index in [1.165, 1.54) is 0 Å². The largest absolute Gasteiger partial charge is 0.449 e. The fourth-order valence-electron chi connectivity index (χ4n) is 3.37. The summed E-state index contributed by atoms with van der Waals surface area (Å²) in [5, 5.41) is 0.385. The molecular weight excluding hydrogens is 386 g/mol. The van der Waals surface area contributed by atoms with Crippen LogP contribution in [-0.2, 0) is 14.3 Å². The van der Waals surface area contributed by atoms with Gasteiger partial charge in [-0.25, -0.2) is 4.79 Å². The number of benzene rings is 2. The van der Waals surface area contributed by atoms with Gasteiger partial charge in [0.05, 0.1) is 18.6 Å². The van der Waals surface area contributed by atoms with Crippen LogP contribution in [0.5, 0.6) is 0 Å². The Morgan fingerprint density at radius 3 is 2.50 bits per heavy atom. The van der Waals surface area contributed by atoms with Gasteiger partial charge in [0.15, 0.2) is 5.43 Å². The van der Waals surface area contributed by atoms with Crippen molar-refractivity contribution in [3.05, 3.63) is 81.7 Å². The smallest absolute Gasteiger partial charge is 0.375 e. The highest BCUT2D eigenvalue weighted by Gasteiger charge is 2.31. The van der Waals surface area contributed by atoms with Gasteiger partial charge in [-0.3, -0.25) is 9.59 Å². The fraction of sp³-hybridized carbons (Fsp3) is 0.261. The molecule has 0 spiro atoms. The van der Waals surface area contributed by atoms with Gasteiger partial charge in [0.2, 0.25) is 11.9 Å². The predicted octanol–water partition coefficient (Wildman–Crippen LogP) is 2.86. The molecule has 1 amide bonds. The fourth-order valence-corrected chi connectivity index (χ4v) is 3.37. The van der Waals surface area contributed by atoms with Crippen LogP contribution in [0.2, 0.25) is 0 Å². The number of morpholine rings is 1. The zero-order valence-electron chi connectivity index (χ0n) is 16.5. The Balaban J connectivity index is 1.65. The third-order valence-corrected chi connectivity index (χ3v) is 4.96. The van der Waals surface area contributed by atoms with Crippen molar-refractivity contribution in [3.8, 4) is 0 Å². The minimum Gasteiger partial charge on any atom is -0.449 e. The molecule has 1 aliphatic heterocycles. The van der Waals surface area contributed by atoms with Crippen LogP contribution in [0, 0.1) is 6.92 Å². The molecule has 1 saturated heterocycles. The van der Waals surface area contributed by atoms with E-state index in [1.54, 1.807) is 47.4 Å². The molecule has 7 nitrogen and oxygen atoms in total. The van der Waals surface area contributed by atoms with Crippen LogP contribution < -0.4 is 5.43 Å². The molecule has 0 radical (unpaired) electrons. The molecule has 0 unspecified atom stereocenters. The van der Waals surface area contributed by atoms with Gasteiger partial charge < -0.3 is 18.8 Å². The molecule has 30 heavy (non-hydrogen) atoms. The highest BCUT2D eigenvalue weighted by molar-refractivity contribution is 5.92. The van der Waals surface area contributed by atoms with Gasteiger partial charge in [-0.2, -0.15) is 0 Å². The monoisotopic (exact) mass is 407 g/mol. The molecule has 1 aliphatic rings. The summed E-state index contributed by atoms with van der Waals surface area (Å²) in [5.74, 6) is -1.45. The average molecular weight is 407 g/mol. The molecule has 0 N–H and O–H groups in total. The molecule has 1 fully saturated rings. The quantitative estimate of drug-likeness (QED) is 0.618. The maximum absolute atomic E-state index is 13.1. The zero-order chi connectivity index (χ0) is 21.1. The summed E-state index contributed by atoms with van der Waals surface area (Å²) in [6.45, 7) is 3.57. The lowest BCUT2D eigenvalue weighted by atomic mass is 10.1. The van der Waals surface area contributed by atoms with E-state index in [0.29, 0.717) is 37.3 Å². The summed E-state index contributed by atoms with van der Waals surface area (Å²) < 4.78 is 16.5. The van der Waals surface area contributed by atoms with E-state index in [2.05, 4.69) is 0 Å². The molecule has 2 heterocycles. The van der Waals surface area contributed by atoms with E-state index in [0.717, 1.165) is 11.6 Å². The predicted molar refractivity (Wildman–Crippen MR) is 109 cm³/mol. The number of hydrogen-bond acceptors (Lipinski definition) is 6. The zero-order valence-corrected chi connectivity index (χ0v) is 16.5. The molecule has 2 aromatic carbocycles. The van der Waals surface area contributed by atoms with E-state index < -0.39 is 12.1 Å². The lowest BCUT2D eigenvalue weighted by molar-refractivity contribution is -0.145. The summed E-state index contributed by atoms with van der Waals surface area (Å²) in [7, 11) is 0. The van der Waals surface area contributed by atoms with Gasteiger partial charge in [-0.1, -0.05) is 42.0 Å². The second kappa shape index (κ2) is 8.51. The van der Waals surface area contributed by atoms with Crippen molar-refractivity contribution in [2.45, 2.75) is 13.0 Å². The lowest BCUT2D eigenvalue weighted by Crippen LogP contribution is -2.44. The molecule has 1 atom stereocenters. The number of fused-ring (bicyclic) bond motifs is 1. The summed E-state index contributed by atoms with van der Waals surface area (Å²) >= 11 is 0. The SMILES string of the molecule is Cc1ccc2oc(C(=O)O[C@H](C(=O)N3CCOCC3)c3ccccc3)cc(=O)c2c1. The number of amides is 1. The molecule has 0 saturated carbocycles. The van der Waals surface area contributed by atoms with Gasteiger partial charge in [0.1, 0.15) is 5.58 Å². The Kier molecular flexibility index (Phi) is 5.63. The Hall–Kier alpha value is -3.45. The standard InChI is InChI=1S/C23H21NO6/c1-15-7-8-19-17(13-15)18(25)14-20(29-19)23(27)30-21(16-5-3-2-4-6-16)22(26)24-9-11-28-12-10-24/h2-8,13-14,21H,9-12H2,1H3/t21-/m0/s1. The third kappa shape index (κ3) is 4.11. The first-order valence-corrected chi connectivity index (χ1v) is 9.70. The van der Waals surface area contributed by atoms with Crippen molar-refractivity contribution in [2.75, 3.05) is 26.3 Å². The van der Waals surface area contributed by atoms with Gasteiger partial charge in [-0.05, 0) is 19.1 Å². The highest BCUT2D eigenvalue weighted by Crippen LogP contribution is 2.23. The van der Waals surface area contributed by atoms with E-state index in [1.807, 2.05) is 13.0 Å². The van der Waals surface area contributed by atoms with Crippen molar-refractivity contribution in [1.82, 2.24) is 4.90 Å². The minimum absolute atomic E-state index is 0.243. The van der Waals surface area contributed by atoms with Crippen molar-refractivity contribution in [2.24, 2.45) is 0 Å². The second-order valence-corrected chi connectivity index (χ2v) is 7.11. The van der Waals surface area contributed by atoms with E-state index >= 15 is 0 Å². The average Bonchev–Trinajstić information content (AvgIpc) is 2.78. The topological polar surface area (TPSA) is 86.1 Å². The number of esters is 1. The number of rotatable bonds is 4.